The van der Waals surface area contributed by atoms with Crippen molar-refractivity contribution in [3.8, 4) is 28.7 Å². The van der Waals surface area contributed by atoms with E-state index in [2.05, 4.69) is 5.32 Å². The van der Waals surface area contributed by atoms with Crippen LogP contribution in [0, 0.1) is 0 Å². The molecule has 0 fully saturated rings. The first-order chi connectivity index (χ1) is 16.6. The van der Waals surface area contributed by atoms with Crippen molar-refractivity contribution in [2.75, 3.05) is 40.4 Å². The quantitative estimate of drug-likeness (QED) is 0.404. The lowest BCUT2D eigenvalue weighted by atomic mass is 10.1. The van der Waals surface area contributed by atoms with E-state index in [1.54, 1.807) is 52.7 Å². The summed E-state index contributed by atoms with van der Waals surface area (Å²) in [6.07, 6.45) is 3.89. The fraction of sp³-hybridized carbons (Fsp3) is 0.222. The van der Waals surface area contributed by atoms with Crippen molar-refractivity contribution in [2.24, 2.45) is 0 Å². The van der Waals surface area contributed by atoms with Crippen LogP contribution in [0.15, 0.2) is 66.7 Å². The summed E-state index contributed by atoms with van der Waals surface area (Å²) >= 11 is 0. The highest BCUT2D eigenvalue weighted by Gasteiger charge is 2.09. The van der Waals surface area contributed by atoms with Crippen LogP contribution in [0.25, 0.3) is 6.08 Å². The Morgan fingerprint density at radius 3 is 2.12 bits per heavy atom. The molecule has 3 aromatic rings. The molecule has 0 aliphatic rings. The number of hydrogen-bond donors (Lipinski definition) is 1. The summed E-state index contributed by atoms with van der Waals surface area (Å²) in [5.74, 6) is 3.00. The Labute approximate surface area is 199 Å². The largest absolute Gasteiger partial charge is 0.497 e. The van der Waals surface area contributed by atoms with Crippen molar-refractivity contribution in [1.82, 2.24) is 0 Å². The number of anilines is 1. The van der Waals surface area contributed by atoms with Gasteiger partial charge in [-0.25, -0.2) is 0 Å². The van der Waals surface area contributed by atoms with Gasteiger partial charge in [0.1, 0.15) is 5.75 Å². The van der Waals surface area contributed by atoms with E-state index in [9.17, 15) is 4.79 Å². The minimum absolute atomic E-state index is 0.250. The average Bonchev–Trinajstić information content (AvgIpc) is 2.88. The molecule has 0 saturated heterocycles. The van der Waals surface area contributed by atoms with Crippen molar-refractivity contribution in [3.05, 3.63) is 77.9 Å². The number of nitrogens with one attached hydrogen (secondary N) is 1. The summed E-state index contributed by atoms with van der Waals surface area (Å²) < 4.78 is 27.1. The van der Waals surface area contributed by atoms with Gasteiger partial charge in [-0.1, -0.05) is 18.2 Å². The fourth-order valence-corrected chi connectivity index (χ4v) is 3.25. The van der Waals surface area contributed by atoms with Gasteiger partial charge in [0.25, 0.3) is 0 Å². The number of rotatable bonds is 11. The maximum Gasteiger partial charge on any atom is 0.248 e. The third-order valence-corrected chi connectivity index (χ3v) is 5.07. The molecular weight excluding hydrogens is 434 g/mol. The van der Waals surface area contributed by atoms with E-state index in [4.69, 9.17) is 23.7 Å². The minimum atomic E-state index is -0.250. The van der Waals surface area contributed by atoms with Crippen molar-refractivity contribution in [3.63, 3.8) is 0 Å². The predicted molar refractivity (Wildman–Crippen MR) is 132 cm³/mol. The molecular formula is C27H29NO6. The van der Waals surface area contributed by atoms with Crippen LogP contribution in [0.5, 0.6) is 28.7 Å². The summed E-state index contributed by atoms with van der Waals surface area (Å²) in [5.41, 5.74) is 2.56. The first-order valence-electron chi connectivity index (χ1n) is 10.7. The lowest BCUT2D eigenvalue weighted by Crippen LogP contribution is -2.08. The van der Waals surface area contributed by atoms with Gasteiger partial charge < -0.3 is 29.0 Å². The van der Waals surface area contributed by atoms with E-state index in [-0.39, 0.29) is 5.91 Å². The maximum atomic E-state index is 12.3. The number of methoxy groups -OCH3 is 4. The van der Waals surface area contributed by atoms with Crippen LogP contribution in [0.1, 0.15) is 11.1 Å². The Morgan fingerprint density at radius 1 is 0.765 bits per heavy atom. The van der Waals surface area contributed by atoms with Gasteiger partial charge in [-0.05, 0) is 53.6 Å². The zero-order chi connectivity index (χ0) is 24.3. The monoisotopic (exact) mass is 463 g/mol. The molecule has 7 heteroatoms. The highest BCUT2D eigenvalue weighted by molar-refractivity contribution is 6.02. The smallest absolute Gasteiger partial charge is 0.248 e. The van der Waals surface area contributed by atoms with Gasteiger partial charge in [-0.15, -0.1) is 0 Å². The van der Waals surface area contributed by atoms with E-state index in [1.807, 2.05) is 42.5 Å². The molecule has 0 heterocycles. The molecule has 7 nitrogen and oxygen atoms in total. The minimum Gasteiger partial charge on any atom is -0.497 e. The molecule has 1 N–H and O–H groups in total. The van der Waals surface area contributed by atoms with Crippen molar-refractivity contribution < 1.29 is 28.5 Å². The van der Waals surface area contributed by atoms with Gasteiger partial charge in [0, 0.05) is 24.3 Å². The van der Waals surface area contributed by atoms with Crippen LogP contribution in [0.3, 0.4) is 0 Å². The number of carbonyl (C=O) groups is 1. The molecule has 178 valence electrons. The van der Waals surface area contributed by atoms with Gasteiger partial charge in [-0.3, -0.25) is 4.79 Å². The first-order valence-corrected chi connectivity index (χ1v) is 10.7. The molecule has 3 rings (SSSR count). The number of ether oxygens (including phenoxy) is 5. The van der Waals surface area contributed by atoms with Crippen molar-refractivity contribution in [2.45, 2.75) is 6.42 Å². The Bertz CT molecular complexity index is 1120. The van der Waals surface area contributed by atoms with Crippen molar-refractivity contribution >= 4 is 17.7 Å². The summed E-state index contributed by atoms with van der Waals surface area (Å²) in [6, 6.07) is 18.5. The summed E-state index contributed by atoms with van der Waals surface area (Å²) in [5, 5.41) is 2.83. The lowest BCUT2D eigenvalue weighted by Gasteiger charge is -2.13. The van der Waals surface area contributed by atoms with Crippen LogP contribution in [-0.4, -0.2) is 41.0 Å². The van der Waals surface area contributed by atoms with E-state index < -0.39 is 0 Å². The normalized spacial score (nSPS) is 10.6. The van der Waals surface area contributed by atoms with Crippen LogP contribution in [0.4, 0.5) is 5.69 Å². The second-order valence-corrected chi connectivity index (χ2v) is 7.25. The van der Waals surface area contributed by atoms with Crippen LogP contribution in [-0.2, 0) is 11.2 Å². The Kier molecular flexibility index (Phi) is 8.80. The Hall–Kier alpha value is -4.13. The SMILES string of the molecule is COc1ccc(/C=C/C(=O)Nc2ccc(OCCc3ccc(OC)c(OC)c3)c(OC)c2)cc1. The molecule has 1 amide bonds. The fourth-order valence-electron chi connectivity index (χ4n) is 3.25. The van der Waals surface area contributed by atoms with Gasteiger partial charge >= 0.3 is 0 Å². The highest BCUT2D eigenvalue weighted by Crippen LogP contribution is 2.31. The number of carbonyl (C=O) groups excluding carboxylic acids is 1. The lowest BCUT2D eigenvalue weighted by molar-refractivity contribution is -0.111. The molecule has 0 saturated carbocycles. The molecule has 0 bridgehead atoms. The number of benzene rings is 3. The van der Waals surface area contributed by atoms with E-state index in [0.29, 0.717) is 41.7 Å². The molecule has 0 unspecified atom stereocenters. The zero-order valence-electron chi connectivity index (χ0n) is 19.8. The van der Waals surface area contributed by atoms with Crippen LogP contribution < -0.4 is 29.0 Å². The van der Waals surface area contributed by atoms with Gasteiger partial charge in [0.15, 0.2) is 23.0 Å². The highest BCUT2D eigenvalue weighted by atomic mass is 16.5. The number of amides is 1. The topological polar surface area (TPSA) is 75.3 Å². The Morgan fingerprint density at radius 2 is 1.44 bits per heavy atom. The molecule has 0 aliphatic carbocycles. The average molecular weight is 464 g/mol. The standard InChI is InChI=1S/C27H29NO6/c1-30-22-10-5-19(6-11-22)8-14-27(29)28-21-9-13-24(26(18-21)33-4)34-16-15-20-7-12-23(31-2)25(17-20)32-3/h5-14,17-18H,15-16H2,1-4H3,(H,28,29)/b14-8+. The summed E-state index contributed by atoms with van der Waals surface area (Å²) in [4.78, 5) is 12.3. The maximum absolute atomic E-state index is 12.3. The van der Waals surface area contributed by atoms with E-state index in [0.717, 1.165) is 16.9 Å². The van der Waals surface area contributed by atoms with Crippen molar-refractivity contribution in [1.29, 1.82) is 0 Å². The van der Waals surface area contributed by atoms with Crippen LogP contribution in [0.2, 0.25) is 0 Å². The van der Waals surface area contributed by atoms with E-state index in [1.165, 1.54) is 6.08 Å². The van der Waals surface area contributed by atoms with Gasteiger partial charge in [0.05, 0.1) is 35.0 Å². The first kappa shape index (κ1) is 24.5. The second kappa shape index (κ2) is 12.2. The Balaban J connectivity index is 1.57. The van der Waals surface area contributed by atoms with E-state index >= 15 is 0 Å². The number of hydrogen-bond acceptors (Lipinski definition) is 6. The summed E-state index contributed by atoms with van der Waals surface area (Å²) in [7, 11) is 6.39. The second-order valence-electron chi connectivity index (χ2n) is 7.25. The molecule has 0 aromatic heterocycles. The third kappa shape index (κ3) is 6.68. The molecule has 3 aromatic carbocycles. The molecule has 0 aliphatic heterocycles. The zero-order valence-corrected chi connectivity index (χ0v) is 19.8. The third-order valence-electron chi connectivity index (χ3n) is 5.07. The van der Waals surface area contributed by atoms with Crippen LogP contribution >= 0.6 is 0 Å². The van der Waals surface area contributed by atoms with Gasteiger partial charge in [-0.2, -0.15) is 0 Å². The predicted octanol–water partition coefficient (Wildman–Crippen LogP) is 4.99. The molecule has 34 heavy (non-hydrogen) atoms. The van der Waals surface area contributed by atoms with Gasteiger partial charge in [0.2, 0.25) is 5.91 Å². The molecule has 0 radical (unpaired) electrons. The molecule has 0 spiro atoms. The molecule has 0 atom stereocenters. The summed E-state index contributed by atoms with van der Waals surface area (Å²) in [6.45, 7) is 0.447.